The summed E-state index contributed by atoms with van der Waals surface area (Å²) in [5, 5.41) is 4.55. The first-order valence-electron chi connectivity index (χ1n) is 8.88. The normalized spacial score (nSPS) is 16.2. The van der Waals surface area contributed by atoms with Gasteiger partial charge in [0.2, 0.25) is 5.91 Å². The van der Waals surface area contributed by atoms with Crippen LogP contribution in [0.3, 0.4) is 0 Å². The highest BCUT2D eigenvalue weighted by Crippen LogP contribution is 2.32. The number of aromatic amines is 1. The molecule has 0 aliphatic carbocycles. The fourth-order valence-corrected chi connectivity index (χ4v) is 5.40. The third-order valence-electron chi connectivity index (χ3n) is 4.75. The molecule has 1 amide bonds. The van der Waals surface area contributed by atoms with Crippen LogP contribution in [-0.4, -0.2) is 25.0 Å². The molecule has 4 rings (SSSR count). The Labute approximate surface area is 174 Å². The lowest BCUT2D eigenvalue weighted by Gasteiger charge is -2.26. The second-order valence-corrected chi connectivity index (χ2v) is 10.5. The molecular weight excluding hydrogens is 431 g/mol. The minimum absolute atomic E-state index is 0.0450. The summed E-state index contributed by atoms with van der Waals surface area (Å²) >= 11 is 0.957. The van der Waals surface area contributed by atoms with Crippen molar-refractivity contribution in [3.05, 3.63) is 57.6 Å². The van der Waals surface area contributed by atoms with Crippen LogP contribution in [0.5, 0.6) is 0 Å². The van der Waals surface area contributed by atoms with Crippen molar-refractivity contribution in [2.45, 2.75) is 24.5 Å². The Bertz CT molecular complexity index is 1370. The Morgan fingerprint density at radius 2 is 1.97 bits per heavy atom. The number of nitrogens with one attached hydrogen (secondary N) is 3. The SMILES string of the molecule is CC1(C)CC(c2ccc(S(=O)(=O)Nc3cc4c(=O)[nH]ccc4cc3F)s2)=NNC1=O. The number of anilines is 1. The minimum atomic E-state index is -4.10. The van der Waals surface area contributed by atoms with Crippen molar-refractivity contribution in [1.82, 2.24) is 10.4 Å². The molecule has 0 fully saturated rings. The van der Waals surface area contributed by atoms with Gasteiger partial charge in [-0.2, -0.15) is 5.10 Å². The molecule has 0 spiro atoms. The van der Waals surface area contributed by atoms with Gasteiger partial charge in [0, 0.05) is 18.0 Å². The number of hydrogen-bond acceptors (Lipinski definition) is 6. The number of rotatable bonds is 4. The maximum atomic E-state index is 14.4. The van der Waals surface area contributed by atoms with E-state index in [0.29, 0.717) is 22.4 Å². The number of halogens is 1. The molecule has 3 N–H and O–H groups in total. The van der Waals surface area contributed by atoms with Crippen LogP contribution >= 0.6 is 11.3 Å². The molecule has 3 aromatic rings. The van der Waals surface area contributed by atoms with Crippen molar-refractivity contribution in [2.75, 3.05) is 4.72 Å². The largest absolute Gasteiger partial charge is 0.329 e. The van der Waals surface area contributed by atoms with Gasteiger partial charge < -0.3 is 4.98 Å². The molecule has 0 saturated carbocycles. The highest BCUT2D eigenvalue weighted by molar-refractivity contribution is 7.94. The number of hydrogen-bond donors (Lipinski definition) is 3. The lowest BCUT2D eigenvalue weighted by molar-refractivity contribution is -0.129. The van der Waals surface area contributed by atoms with Crippen molar-refractivity contribution < 1.29 is 17.6 Å². The molecule has 8 nitrogen and oxygen atoms in total. The van der Waals surface area contributed by atoms with Gasteiger partial charge in [0.05, 0.1) is 21.7 Å². The highest BCUT2D eigenvalue weighted by atomic mass is 32.2. The summed E-state index contributed by atoms with van der Waals surface area (Å²) < 4.78 is 42.2. The molecule has 0 radical (unpaired) electrons. The predicted octanol–water partition coefficient (Wildman–Crippen LogP) is 2.78. The number of pyridine rings is 1. The molecule has 0 saturated heterocycles. The average Bonchev–Trinajstić information content (AvgIpc) is 3.16. The number of H-pyrrole nitrogens is 1. The fourth-order valence-electron chi connectivity index (χ4n) is 3.05. The quantitative estimate of drug-likeness (QED) is 0.568. The zero-order chi connectivity index (χ0) is 21.7. The van der Waals surface area contributed by atoms with Crippen LogP contribution in [0, 0.1) is 11.2 Å². The number of nitrogens with zero attached hydrogens (tertiary/aromatic N) is 1. The second-order valence-electron chi connectivity index (χ2n) is 7.51. The molecule has 11 heteroatoms. The molecule has 0 bridgehead atoms. The summed E-state index contributed by atoms with van der Waals surface area (Å²) in [4.78, 5) is 26.8. The number of thiophene rings is 1. The lowest BCUT2D eigenvalue weighted by Crippen LogP contribution is -2.40. The lowest BCUT2D eigenvalue weighted by atomic mass is 9.85. The topological polar surface area (TPSA) is 120 Å². The van der Waals surface area contributed by atoms with E-state index in [0.717, 1.165) is 17.4 Å². The van der Waals surface area contributed by atoms with Crippen LogP contribution in [0.4, 0.5) is 10.1 Å². The molecular formula is C19H17FN4O4S2. The van der Waals surface area contributed by atoms with Gasteiger partial charge in [0.25, 0.3) is 15.6 Å². The number of aromatic nitrogens is 1. The summed E-state index contributed by atoms with van der Waals surface area (Å²) in [6, 6.07) is 6.77. The molecule has 3 heterocycles. The monoisotopic (exact) mass is 448 g/mol. The number of sulfonamides is 1. The van der Waals surface area contributed by atoms with E-state index < -0.39 is 26.8 Å². The molecule has 0 atom stereocenters. The van der Waals surface area contributed by atoms with E-state index in [2.05, 4.69) is 20.2 Å². The summed E-state index contributed by atoms with van der Waals surface area (Å²) in [7, 11) is -4.10. The molecule has 0 unspecified atom stereocenters. The van der Waals surface area contributed by atoms with Gasteiger partial charge in [0.15, 0.2) is 0 Å². The molecule has 2 aromatic heterocycles. The van der Waals surface area contributed by atoms with Gasteiger partial charge in [-0.25, -0.2) is 18.2 Å². The van der Waals surface area contributed by atoms with E-state index in [4.69, 9.17) is 0 Å². The zero-order valence-corrected chi connectivity index (χ0v) is 17.6. The maximum Gasteiger partial charge on any atom is 0.271 e. The first-order valence-corrected chi connectivity index (χ1v) is 11.2. The Morgan fingerprint density at radius 3 is 2.70 bits per heavy atom. The summed E-state index contributed by atoms with van der Waals surface area (Å²) in [6.45, 7) is 3.54. The van der Waals surface area contributed by atoms with Crippen LogP contribution in [0.15, 0.2) is 50.6 Å². The van der Waals surface area contributed by atoms with Gasteiger partial charge in [-0.15, -0.1) is 11.3 Å². The third-order valence-corrected chi connectivity index (χ3v) is 7.74. The number of benzene rings is 1. The van der Waals surface area contributed by atoms with Gasteiger partial charge in [-0.1, -0.05) is 13.8 Å². The van der Waals surface area contributed by atoms with Gasteiger partial charge in [0.1, 0.15) is 10.0 Å². The molecule has 1 aromatic carbocycles. The molecule has 1 aliphatic heterocycles. The Kier molecular flexibility index (Phi) is 4.74. The first kappa shape index (κ1) is 20.2. The number of carbonyl (C=O) groups excluding carboxylic acids is 1. The van der Waals surface area contributed by atoms with Crippen LogP contribution < -0.4 is 15.7 Å². The van der Waals surface area contributed by atoms with Crippen molar-refractivity contribution >= 4 is 49.4 Å². The van der Waals surface area contributed by atoms with Gasteiger partial charge >= 0.3 is 0 Å². The minimum Gasteiger partial charge on any atom is -0.329 e. The number of carbonyl (C=O) groups is 1. The van der Waals surface area contributed by atoms with E-state index in [1.807, 2.05) is 0 Å². The van der Waals surface area contributed by atoms with Crippen molar-refractivity contribution in [3.8, 4) is 0 Å². The second kappa shape index (κ2) is 7.03. The fraction of sp³-hybridized carbons (Fsp3) is 0.211. The van der Waals surface area contributed by atoms with Gasteiger partial charge in [-0.3, -0.25) is 14.3 Å². The summed E-state index contributed by atoms with van der Waals surface area (Å²) in [5.74, 6) is -1.01. The Balaban J connectivity index is 1.65. The van der Waals surface area contributed by atoms with Crippen LogP contribution in [-0.2, 0) is 14.8 Å². The molecule has 30 heavy (non-hydrogen) atoms. The van der Waals surface area contributed by atoms with E-state index in [9.17, 15) is 22.4 Å². The van der Waals surface area contributed by atoms with E-state index in [-0.39, 0.29) is 21.2 Å². The smallest absolute Gasteiger partial charge is 0.271 e. The van der Waals surface area contributed by atoms with Crippen LogP contribution in [0.1, 0.15) is 25.1 Å². The highest BCUT2D eigenvalue weighted by Gasteiger charge is 2.34. The van der Waals surface area contributed by atoms with E-state index in [1.54, 1.807) is 19.9 Å². The predicted molar refractivity (Wildman–Crippen MR) is 113 cm³/mol. The van der Waals surface area contributed by atoms with Crippen molar-refractivity contribution in [3.63, 3.8) is 0 Å². The van der Waals surface area contributed by atoms with Crippen molar-refractivity contribution in [2.24, 2.45) is 10.5 Å². The third kappa shape index (κ3) is 3.61. The first-order chi connectivity index (χ1) is 14.1. The van der Waals surface area contributed by atoms with Crippen LogP contribution in [0.25, 0.3) is 10.8 Å². The summed E-state index contributed by atoms with van der Waals surface area (Å²) in [6.07, 6.45) is 1.74. The van der Waals surface area contributed by atoms with Crippen molar-refractivity contribution in [1.29, 1.82) is 0 Å². The standard InChI is InChI=1S/C19H17FN4O4S2/c1-19(2)9-14(22-23-18(19)26)15-3-4-16(29-15)30(27,28)24-13-8-11-10(7-12(13)20)5-6-21-17(11)25/h3-8,24H,9H2,1-2H3,(H,21,25)(H,23,26). The van der Waals surface area contributed by atoms with Crippen LogP contribution in [0.2, 0.25) is 0 Å². The number of hydrazone groups is 1. The Hall–Kier alpha value is -3.05. The number of amides is 1. The molecule has 1 aliphatic rings. The zero-order valence-electron chi connectivity index (χ0n) is 15.9. The van der Waals surface area contributed by atoms with Gasteiger partial charge in [-0.05, 0) is 35.7 Å². The Morgan fingerprint density at radius 1 is 1.20 bits per heavy atom. The van der Waals surface area contributed by atoms with E-state index >= 15 is 0 Å². The van der Waals surface area contributed by atoms with E-state index in [1.165, 1.54) is 24.4 Å². The molecule has 156 valence electrons. The average molecular weight is 449 g/mol. The maximum absolute atomic E-state index is 14.4. The summed E-state index contributed by atoms with van der Waals surface area (Å²) in [5.41, 5.74) is 1.57. The number of fused-ring (bicyclic) bond motifs is 1.